The Hall–Kier alpha value is -1.07. The number of hydrogen-bond acceptors (Lipinski definition) is 2. The maximum atomic E-state index is 12.1. The Labute approximate surface area is 97.8 Å². The van der Waals surface area contributed by atoms with E-state index in [1.54, 1.807) is 7.05 Å². The molecule has 1 aromatic carbocycles. The summed E-state index contributed by atoms with van der Waals surface area (Å²) in [6, 6.07) is 7.46. The zero-order valence-electron chi connectivity index (χ0n) is 9.42. The van der Waals surface area contributed by atoms with Gasteiger partial charge in [-0.05, 0) is 18.2 Å². The lowest BCUT2D eigenvalue weighted by molar-refractivity contribution is -0.187. The Morgan fingerprint density at radius 1 is 1.35 bits per heavy atom. The molecule has 0 radical (unpaired) electrons. The summed E-state index contributed by atoms with van der Waals surface area (Å²) in [5.74, 6) is 0. The molecule has 1 aliphatic carbocycles. The van der Waals surface area contributed by atoms with E-state index in [-0.39, 0.29) is 6.04 Å². The molecule has 0 saturated carbocycles. The number of fused-ring (bicyclic) bond motifs is 1. The predicted octanol–water partition coefficient (Wildman–Crippen LogP) is 2.45. The topological polar surface area (TPSA) is 21.3 Å². The van der Waals surface area contributed by atoms with Crippen molar-refractivity contribution in [3.63, 3.8) is 0 Å². The third kappa shape index (κ3) is 2.79. The second-order valence-corrected chi connectivity index (χ2v) is 4.13. The van der Waals surface area contributed by atoms with Gasteiger partial charge in [-0.15, -0.1) is 0 Å². The normalized spacial score (nSPS) is 23.8. The van der Waals surface area contributed by atoms with Gasteiger partial charge in [0, 0.05) is 6.42 Å². The summed E-state index contributed by atoms with van der Waals surface area (Å²) in [5, 5.41) is 3.01. The number of halogens is 3. The monoisotopic (exact) mass is 245 g/mol. The van der Waals surface area contributed by atoms with E-state index >= 15 is 0 Å². The fourth-order valence-electron chi connectivity index (χ4n) is 2.26. The highest BCUT2D eigenvalue weighted by Crippen LogP contribution is 2.33. The van der Waals surface area contributed by atoms with Crippen molar-refractivity contribution in [2.24, 2.45) is 0 Å². The average Bonchev–Trinajstić information content (AvgIpc) is 2.63. The lowest BCUT2D eigenvalue weighted by Crippen LogP contribution is -2.31. The van der Waals surface area contributed by atoms with Crippen molar-refractivity contribution in [2.45, 2.75) is 24.7 Å². The number of alkyl halides is 3. The molecule has 94 valence electrons. The maximum Gasteiger partial charge on any atom is 0.411 e. The van der Waals surface area contributed by atoms with Crippen molar-refractivity contribution in [1.29, 1.82) is 0 Å². The van der Waals surface area contributed by atoms with E-state index in [0.29, 0.717) is 6.42 Å². The molecule has 0 bridgehead atoms. The van der Waals surface area contributed by atoms with Crippen molar-refractivity contribution in [1.82, 2.24) is 5.32 Å². The highest BCUT2D eigenvalue weighted by Gasteiger charge is 2.36. The first kappa shape index (κ1) is 12.4. The lowest BCUT2D eigenvalue weighted by atomic mass is 10.1. The van der Waals surface area contributed by atoms with Gasteiger partial charge in [-0.1, -0.05) is 24.3 Å². The van der Waals surface area contributed by atoms with Crippen LogP contribution < -0.4 is 5.32 Å². The zero-order valence-corrected chi connectivity index (χ0v) is 9.42. The van der Waals surface area contributed by atoms with Gasteiger partial charge in [-0.25, -0.2) is 0 Å². The maximum absolute atomic E-state index is 12.1. The molecule has 1 aromatic rings. The summed E-state index contributed by atoms with van der Waals surface area (Å²) >= 11 is 0. The summed E-state index contributed by atoms with van der Waals surface area (Å²) in [7, 11) is 1.73. The van der Waals surface area contributed by atoms with E-state index in [4.69, 9.17) is 4.74 Å². The molecule has 0 aromatic heterocycles. The number of hydrogen-bond donors (Lipinski definition) is 1. The van der Waals surface area contributed by atoms with E-state index in [1.807, 2.05) is 24.3 Å². The Bertz CT molecular complexity index is 392. The van der Waals surface area contributed by atoms with Gasteiger partial charge in [0.2, 0.25) is 0 Å². The van der Waals surface area contributed by atoms with Crippen LogP contribution in [-0.2, 0) is 11.2 Å². The van der Waals surface area contributed by atoms with Gasteiger partial charge in [0.25, 0.3) is 0 Å². The minimum atomic E-state index is -4.27. The van der Waals surface area contributed by atoms with E-state index in [0.717, 1.165) is 11.1 Å². The highest BCUT2D eigenvalue weighted by atomic mass is 19.4. The first-order chi connectivity index (χ1) is 8.01. The molecule has 2 rings (SSSR count). The first-order valence-corrected chi connectivity index (χ1v) is 5.44. The Morgan fingerprint density at radius 3 is 2.71 bits per heavy atom. The van der Waals surface area contributed by atoms with Crippen LogP contribution in [0.1, 0.15) is 17.2 Å². The molecule has 0 fully saturated rings. The van der Waals surface area contributed by atoms with E-state index in [9.17, 15) is 13.2 Å². The third-order valence-electron chi connectivity index (χ3n) is 2.96. The van der Waals surface area contributed by atoms with Crippen molar-refractivity contribution < 1.29 is 17.9 Å². The molecule has 17 heavy (non-hydrogen) atoms. The minimum Gasteiger partial charge on any atom is -0.366 e. The van der Waals surface area contributed by atoms with Crippen LogP contribution >= 0.6 is 0 Å². The number of rotatable bonds is 3. The largest absolute Gasteiger partial charge is 0.411 e. The number of benzene rings is 1. The minimum absolute atomic E-state index is 0.159. The molecule has 0 amide bonds. The third-order valence-corrected chi connectivity index (χ3v) is 2.96. The van der Waals surface area contributed by atoms with Crippen molar-refractivity contribution in [3.05, 3.63) is 35.4 Å². The standard InChI is InChI=1S/C12H14F3NO/c1-16-11-9-5-3-2-4-8(9)6-10(11)17-7-12(13,14)15/h2-5,10-11,16H,6-7H2,1H3. The lowest BCUT2D eigenvalue weighted by Gasteiger charge is -2.21. The number of likely N-dealkylation sites (N-methyl/N-ethyl adjacent to an activating group) is 1. The molecule has 0 saturated heterocycles. The van der Waals surface area contributed by atoms with E-state index < -0.39 is 18.9 Å². The van der Waals surface area contributed by atoms with Crippen LogP contribution in [-0.4, -0.2) is 25.9 Å². The van der Waals surface area contributed by atoms with Crippen LogP contribution in [0.25, 0.3) is 0 Å². The van der Waals surface area contributed by atoms with Gasteiger partial charge in [0.15, 0.2) is 0 Å². The van der Waals surface area contributed by atoms with Crippen molar-refractivity contribution >= 4 is 0 Å². The molecule has 1 aliphatic rings. The quantitative estimate of drug-likeness (QED) is 0.883. The molecule has 0 aliphatic heterocycles. The van der Waals surface area contributed by atoms with Crippen LogP contribution in [0.15, 0.2) is 24.3 Å². The summed E-state index contributed by atoms with van der Waals surface area (Å²) < 4.78 is 41.3. The van der Waals surface area contributed by atoms with Gasteiger partial charge in [0.05, 0.1) is 12.1 Å². The van der Waals surface area contributed by atoms with E-state index in [2.05, 4.69) is 5.32 Å². The van der Waals surface area contributed by atoms with Crippen LogP contribution in [0.5, 0.6) is 0 Å². The van der Waals surface area contributed by atoms with Crippen molar-refractivity contribution in [3.8, 4) is 0 Å². The molecule has 5 heteroatoms. The zero-order chi connectivity index (χ0) is 12.5. The first-order valence-electron chi connectivity index (χ1n) is 5.44. The summed E-state index contributed by atoms with van der Waals surface area (Å²) in [6.07, 6.45) is -4.19. The molecule has 2 atom stereocenters. The Kier molecular flexibility index (Phi) is 3.40. The smallest absolute Gasteiger partial charge is 0.366 e. The van der Waals surface area contributed by atoms with Crippen LogP contribution in [0.2, 0.25) is 0 Å². The Morgan fingerprint density at radius 2 is 2.06 bits per heavy atom. The molecular formula is C12H14F3NO. The number of nitrogens with one attached hydrogen (secondary N) is 1. The molecular weight excluding hydrogens is 231 g/mol. The van der Waals surface area contributed by atoms with Gasteiger partial charge < -0.3 is 10.1 Å². The van der Waals surface area contributed by atoms with Gasteiger partial charge in [-0.3, -0.25) is 0 Å². The van der Waals surface area contributed by atoms with Crippen molar-refractivity contribution in [2.75, 3.05) is 13.7 Å². The molecule has 0 heterocycles. The molecule has 2 unspecified atom stereocenters. The SMILES string of the molecule is CNC1c2ccccc2CC1OCC(F)(F)F. The van der Waals surface area contributed by atoms with E-state index in [1.165, 1.54) is 0 Å². The van der Waals surface area contributed by atoms with Crippen LogP contribution in [0.3, 0.4) is 0 Å². The highest BCUT2D eigenvalue weighted by molar-refractivity contribution is 5.36. The fourth-order valence-corrected chi connectivity index (χ4v) is 2.26. The van der Waals surface area contributed by atoms with Gasteiger partial charge >= 0.3 is 6.18 Å². The van der Waals surface area contributed by atoms with Crippen LogP contribution in [0.4, 0.5) is 13.2 Å². The molecule has 1 N–H and O–H groups in total. The molecule has 2 nitrogen and oxygen atoms in total. The predicted molar refractivity (Wildman–Crippen MR) is 57.7 cm³/mol. The summed E-state index contributed by atoms with van der Waals surface area (Å²) in [6.45, 7) is -1.19. The number of ether oxygens (including phenoxy) is 1. The Balaban J connectivity index is 2.07. The molecule has 0 spiro atoms. The summed E-state index contributed by atoms with van der Waals surface area (Å²) in [5.41, 5.74) is 2.08. The second kappa shape index (κ2) is 4.66. The summed E-state index contributed by atoms with van der Waals surface area (Å²) in [4.78, 5) is 0. The average molecular weight is 245 g/mol. The second-order valence-electron chi connectivity index (χ2n) is 4.13. The van der Waals surface area contributed by atoms with Gasteiger partial charge in [-0.2, -0.15) is 13.2 Å². The fraction of sp³-hybridized carbons (Fsp3) is 0.500. The van der Waals surface area contributed by atoms with Crippen LogP contribution in [0, 0.1) is 0 Å². The van der Waals surface area contributed by atoms with Gasteiger partial charge in [0.1, 0.15) is 6.61 Å².